The number of esters is 1. The van der Waals surface area contributed by atoms with Gasteiger partial charge in [-0.3, -0.25) is 19.7 Å². The molecule has 2 heterocycles. The van der Waals surface area contributed by atoms with Gasteiger partial charge in [-0.15, -0.1) is 0 Å². The number of hydrogen-bond acceptors (Lipinski definition) is 9. The van der Waals surface area contributed by atoms with Crippen molar-refractivity contribution >= 4 is 74.6 Å². The zero-order valence-electron chi connectivity index (χ0n) is 27.4. The van der Waals surface area contributed by atoms with Crippen LogP contribution in [0.25, 0.3) is 0 Å². The van der Waals surface area contributed by atoms with Gasteiger partial charge >= 0.3 is 5.97 Å². The third-order valence-electron chi connectivity index (χ3n) is 8.35. The fourth-order valence-corrected chi connectivity index (χ4v) is 10.8. The number of carbonyl (C=O) groups excluding carboxylic acids is 3. The SMILES string of the molecule is CC(=O)Nc1ccnc(C(=S)CC2CC(=O)N2C(C(=O)OCc2ccc([N+](=O)[O-])cc2)=P(c2ccccc2)(c2ccccc2)c2ccccc2)n1. The summed E-state index contributed by atoms with van der Waals surface area (Å²) in [5, 5.41) is 16.4. The van der Waals surface area contributed by atoms with Gasteiger partial charge < -0.3 is 15.0 Å². The number of ether oxygens (including phenoxy) is 1. The molecule has 2 amide bonds. The van der Waals surface area contributed by atoms with Crippen LogP contribution in [0, 0.1) is 10.1 Å². The first-order valence-electron chi connectivity index (χ1n) is 16.0. The zero-order chi connectivity index (χ0) is 36.0. The molecule has 51 heavy (non-hydrogen) atoms. The highest BCUT2D eigenvalue weighted by Crippen LogP contribution is 2.49. The number of nitro benzene ring substituents is 1. The molecule has 1 unspecified atom stereocenters. The fraction of sp³-hybridized carbons (Fsp3) is 0.132. The van der Waals surface area contributed by atoms with Crippen LogP contribution >= 0.6 is 19.1 Å². The van der Waals surface area contributed by atoms with E-state index in [9.17, 15) is 24.5 Å². The number of nitrogens with one attached hydrogen (secondary N) is 1. The smallest absolute Gasteiger partial charge is 0.356 e. The molecule has 256 valence electrons. The van der Waals surface area contributed by atoms with Crippen molar-refractivity contribution in [3.05, 3.63) is 149 Å². The summed E-state index contributed by atoms with van der Waals surface area (Å²) in [7, 11) is 0. The Morgan fingerprint density at radius 1 is 0.902 bits per heavy atom. The number of anilines is 1. The Balaban J connectivity index is 1.53. The molecule has 0 aliphatic carbocycles. The van der Waals surface area contributed by atoms with Crippen molar-refractivity contribution in [2.45, 2.75) is 32.4 Å². The number of rotatable bonds is 12. The van der Waals surface area contributed by atoms with Crippen LogP contribution in [0.15, 0.2) is 128 Å². The van der Waals surface area contributed by atoms with Crippen LogP contribution in [0.2, 0.25) is 0 Å². The molecular weight excluding hydrogens is 685 g/mol. The molecule has 13 heteroatoms. The minimum absolute atomic E-state index is 0.0870. The van der Waals surface area contributed by atoms with E-state index in [-0.39, 0.29) is 48.2 Å². The number of non-ortho nitro benzene ring substituents is 1. The Morgan fingerprint density at radius 2 is 1.45 bits per heavy atom. The molecule has 1 aliphatic rings. The first-order valence-corrected chi connectivity index (χ1v) is 18.2. The van der Waals surface area contributed by atoms with Gasteiger partial charge in [0, 0.05) is 45.0 Å². The van der Waals surface area contributed by atoms with Gasteiger partial charge in [0.2, 0.25) is 11.8 Å². The Morgan fingerprint density at radius 3 is 1.94 bits per heavy atom. The molecule has 11 nitrogen and oxygen atoms in total. The van der Waals surface area contributed by atoms with Crippen molar-refractivity contribution < 1.29 is 24.0 Å². The summed E-state index contributed by atoms with van der Waals surface area (Å²) in [4.78, 5) is 61.8. The second-order valence-electron chi connectivity index (χ2n) is 11.7. The van der Waals surface area contributed by atoms with Crippen LogP contribution in [0.3, 0.4) is 0 Å². The molecule has 1 saturated heterocycles. The molecule has 0 spiro atoms. The third kappa shape index (κ3) is 7.38. The lowest BCUT2D eigenvalue weighted by Crippen LogP contribution is -2.60. The van der Waals surface area contributed by atoms with Crippen LogP contribution < -0.4 is 21.2 Å². The van der Waals surface area contributed by atoms with Gasteiger partial charge in [0.15, 0.2) is 5.82 Å². The van der Waals surface area contributed by atoms with Gasteiger partial charge in [0.05, 0.1) is 15.8 Å². The van der Waals surface area contributed by atoms with Crippen molar-refractivity contribution in [3.63, 3.8) is 0 Å². The second-order valence-corrected chi connectivity index (χ2v) is 15.5. The fourth-order valence-electron chi connectivity index (χ4n) is 6.08. The van der Waals surface area contributed by atoms with E-state index in [1.54, 1.807) is 6.07 Å². The first kappa shape index (κ1) is 35.0. The number of nitro groups is 1. The van der Waals surface area contributed by atoms with Crippen LogP contribution in [0.4, 0.5) is 11.5 Å². The second kappa shape index (κ2) is 15.4. The van der Waals surface area contributed by atoms with Gasteiger partial charge in [0.25, 0.3) is 5.69 Å². The molecule has 1 N–H and O–H groups in total. The number of amides is 2. The Labute approximate surface area is 299 Å². The zero-order valence-corrected chi connectivity index (χ0v) is 29.1. The summed E-state index contributed by atoms with van der Waals surface area (Å²) < 4.78 is 6.05. The molecule has 5 aromatic rings. The molecule has 1 aromatic heterocycles. The van der Waals surface area contributed by atoms with E-state index in [2.05, 4.69) is 15.3 Å². The van der Waals surface area contributed by atoms with Crippen LogP contribution in [0.1, 0.15) is 31.2 Å². The van der Waals surface area contributed by atoms with E-state index in [4.69, 9.17) is 17.0 Å². The molecule has 1 fully saturated rings. The van der Waals surface area contributed by atoms with E-state index in [0.717, 1.165) is 15.9 Å². The van der Waals surface area contributed by atoms with Crippen LogP contribution in [-0.2, 0) is 25.7 Å². The maximum atomic E-state index is 14.9. The predicted molar refractivity (Wildman–Crippen MR) is 201 cm³/mol. The lowest BCUT2D eigenvalue weighted by atomic mass is 9.96. The Bertz CT molecular complexity index is 2060. The van der Waals surface area contributed by atoms with E-state index in [1.165, 1.54) is 42.3 Å². The van der Waals surface area contributed by atoms with Gasteiger partial charge in [-0.2, -0.15) is 0 Å². The summed E-state index contributed by atoms with van der Waals surface area (Å²) in [5.41, 5.74) is 0.640. The normalized spacial score (nSPS) is 13.9. The number of aromatic nitrogens is 2. The number of benzene rings is 4. The van der Waals surface area contributed by atoms with Gasteiger partial charge in [-0.05, 0) is 39.7 Å². The first-order chi connectivity index (χ1) is 24.7. The molecule has 0 radical (unpaired) electrons. The average molecular weight is 718 g/mol. The number of hydrogen-bond donors (Lipinski definition) is 1. The Hall–Kier alpha value is -5.84. The van der Waals surface area contributed by atoms with Crippen molar-refractivity contribution in [2.24, 2.45) is 0 Å². The van der Waals surface area contributed by atoms with Gasteiger partial charge in [0.1, 0.15) is 17.8 Å². The van der Waals surface area contributed by atoms with Crippen molar-refractivity contribution in [1.82, 2.24) is 14.9 Å². The molecule has 0 saturated carbocycles. The van der Waals surface area contributed by atoms with E-state index < -0.39 is 23.8 Å². The molecule has 0 bridgehead atoms. The highest BCUT2D eigenvalue weighted by Gasteiger charge is 2.47. The largest absolute Gasteiger partial charge is 0.456 e. The maximum Gasteiger partial charge on any atom is 0.356 e. The highest BCUT2D eigenvalue weighted by atomic mass is 32.1. The number of nitrogens with zero attached hydrogens (tertiary/aromatic N) is 4. The quantitative estimate of drug-likeness (QED) is 0.0362. The number of β-lactam (4-membered cyclic amide) rings is 1. The standard InChI is InChI=1S/C38H32N5O6PS/c1-26(44)40-34-21-22-39-36(41-34)33(51)23-29-24-35(45)42(29)37(38(46)49-25-27-17-19-28(20-18-27)43(47)48)50(30-11-5-2-6-12-30,31-13-7-3-8-14-31)32-15-9-4-10-16-32/h2-22,29H,23-25H2,1H3,(H,39,40,41,44). The minimum atomic E-state index is -3.16. The van der Waals surface area contributed by atoms with E-state index >= 15 is 0 Å². The number of likely N-dealkylation sites (tertiary alicyclic amines) is 1. The summed E-state index contributed by atoms with van der Waals surface area (Å²) in [5.74, 6) is -0.749. The highest BCUT2D eigenvalue weighted by molar-refractivity contribution is 7.96. The lowest BCUT2D eigenvalue weighted by Gasteiger charge is -2.45. The topological polar surface area (TPSA) is 145 Å². The predicted octanol–water partition coefficient (Wildman–Crippen LogP) is 4.92. The van der Waals surface area contributed by atoms with E-state index in [0.29, 0.717) is 16.2 Å². The average Bonchev–Trinajstić information content (AvgIpc) is 3.14. The van der Waals surface area contributed by atoms with Gasteiger partial charge in [-0.25, -0.2) is 14.8 Å². The molecular formula is C38H32N5O6PS. The third-order valence-corrected chi connectivity index (χ3v) is 13.0. The molecule has 1 aliphatic heterocycles. The molecule has 4 aromatic carbocycles. The summed E-state index contributed by atoms with van der Waals surface area (Å²) in [6.07, 6.45) is 1.78. The molecule has 1 atom stereocenters. The van der Waals surface area contributed by atoms with E-state index in [1.807, 2.05) is 91.0 Å². The summed E-state index contributed by atoms with van der Waals surface area (Å²) in [6.45, 7) is -1.98. The van der Waals surface area contributed by atoms with Crippen LogP contribution in [-0.4, -0.2) is 53.9 Å². The molecule has 6 rings (SSSR count). The van der Waals surface area contributed by atoms with Crippen molar-refractivity contribution in [1.29, 1.82) is 0 Å². The monoisotopic (exact) mass is 717 g/mol. The maximum absolute atomic E-state index is 14.9. The lowest BCUT2D eigenvalue weighted by molar-refractivity contribution is -0.384. The Kier molecular flexibility index (Phi) is 10.5. The number of thiocarbonyl (C=S) groups is 1. The van der Waals surface area contributed by atoms with Gasteiger partial charge in [-0.1, -0.05) is 103 Å². The summed E-state index contributed by atoms with van der Waals surface area (Å²) in [6, 6.07) is 35.6. The van der Waals surface area contributed by atoms with Crippen molar-refractivity contribution in [2.75, 3.05) is 5.32 Å². The number of carbonyl (C=O) groups is 3. The minimum Gasteiger partial charge on any atom is -0.456 e. The van der Waals surface area contributed by atoms with Crippen LogP contribution in [0.5, 0.6) is 0 Å². The summed E-state index contributed by atoms with van der Waals surface area (Å²) >= 11 is 5.79. The van der Waals surface area contributed by atoms with Crippen molar-refractivity contribution in [3.8, 4) is 0 Å².